The molecule has 0 saturated heterocycles. The van der Waals surface area contributed by atoms with Gasteiger partial charge < -0.3 is 10.5 Å². The molecule has 0 radical (unpaired) electrons. The Balaban J connectivity index is 2.51. The van der Waals surface area contributed by atoms with Gasteiger partial charge in [0.05, 0.1) is 18.6 Å². The Morgan fingerprint density at radius 3 is 2.88 bits per heavy atom. The number of ether oxygens (including phenoxy) is 1. The van der Waals surface area contributed by atoms with Gasteiger partial charge in [-0.05, 0) is 35.3 Å². The molecule has 3 nitrogen and oxygen atoms in total. The van der Waals surface area contributed by atoms with Crippen LogP contribution >= 0.6 is 27.3 Å². The van der Waals surface area contributed by atoms with E-state index in [0.29, 0.717) is 6.61 Å². The third kappa shape index (κ3) is 4.77. The van der Waals surface area contributed by atoms with E-state index in [1.807, 2.05) is 18.4 Å². The van der Waals surface area contributed by atoms with Crippen LogP contribution in [-0.2, 0) is 15.1 Å². The van der Waals surface area contributed by atoms with E-state index in [1.54, 1.807) is 11.3 Å². The largest absolute Gasteiger partial charge is 0.466 e. The normalized spacial score (nSPS) is 14.4. The molecule has 0 aliphatic carbocycles. The molecular weight excluding hydrogens is 302 g/mol. The quantitative estimate of drug-likeness (QED) is 0.645. The number of unbranched alkanes of at least 4 members (excludes halogenated alkanes) is 1. The summed E-state index contributed by atoms with van der Waals surface area (Å²) in [5.74, 6) is -0.229. The minimum atomic E-state index is -0.653. The van der Waals surface area contributed by atoms with Crippen molar-refractivity contribution in [2.75, 3.05) is 6.61 Å². The number of esters is 1. The average Bonchev–Trinajstić information content (AvgIpc) is 2.65. The number of nitrogens with two attached hydrogens (primary N) is 1. The predicted molar refractivity (Wildman–Crippen MR) is 74.0 cm³/mol. The van der Waals surface area contributed by atoms with E-state index in [9.17, 15) is 4.79 Å². The summed E-state index contributed by atoms with van der Waals surface area (Å²) in [6, 6.07) is 1.95. The Bertz CT molecular complexity index is 376. The summed E-state index contributed by atoms with van der Waals surface area (Å²) >= 11 is 4.93. The van der Waals surface area contributed by atoms with Gasteiger partial charge in [-0.3, -0.25) is 4.79 Å². The van der Waals surface area contributed by atoms with Gasteiger partial charge in [-0.15, -0.1) is 11.3 Å². The highest BCUT2D eigenvalue weighted by Crippen LogP contribution is 2.30. The molecule has 1 aromatic heterocycles. The summed E-state index contributed by atoms with van der Waals surface area (Å²) in [5.41, 5.74) is 5.49. The molecule has 0 aliphatic rings. The van der Waals surface area contributed by atoms with Crippen molar-refractivity contribution in [1.29, 1.82) is 0 Å². The Labute approximate surface area is 114 Å². The maximum absolute atomic E-state index is 11.6. The molecule has 0 fully saturated rings. The topological polar surface area (TPSA) is 52.3 Å². The van der Waals surface area contributed by atoms with Crippen LogP contribution in [0.25, 0.3) is 0 Å². The third-order valence-electron chi connectivity index (χ3n) is 2.40. The fraction of sp³-hybridized carbons (Fsp3) is 0.583. The molecule has 5 heteroatoms. The predicted octanol–water partition coefficient (Wildman–Crippen LogP) is 3.42. The van der Waals surface area contributed by atoms with E-state index < -0.39 is 5.54 Å². The van der Waals surface area contributed by atoms with E-state index in [2.05, 4.69) is 22.9 Å². The van der Waals surface area contributed by atoms with Gasteiger partial charge in [0.1, 0.15) is 0 Å². The number of carbonyl (C=O) groups excluding carboxylic acids is 1. The summed E-state index contributed by atoms with van der Waals surface area (Å²) in [5, 5.41) is 1.96. The molecule has 0 aliphatic heterocycles. The zero-order chi connectivity index (χ0) is 12.9. The zero-order valence-electron chi connectivity index (χ0n) is 10.2. The lowest BCUT2D eigenvalue weighted by Crippen LogP contribution is -2.35. The van der Waals surface area contributed by atoms with Crippen molar-refractivity contribution in [2.45, 2.75) is 38.6 Å². The Morgan fingerprint density at radius 2 is 2.35 bits per heavy atom. The first kappa shape index (κ1) is 14.7. The zero-order valence-corrected chi connectivity index (χ0v) is 12.6. The van der Waals surface area contributed by atoms with Crippen LogP contribution < -0.4 is 5.73 Å². The standard InChI is InChI=1S/C12H18BrNO2S/c1-3-4-5-16-11(15)7-12(2,14)10-6-9(13)8-17-10/h6,8H,3-5,7,14H2,1-2H3/t12-/m0/s1. The van der Waals surface area contributed by atoms with Gasteiger partial charge in [-0.1, -0.05) is 13.3 Å². The summed E-state index contributed by atoms with van der Waals surface area (Å²) in [4.78, 5) is 12.6. The molecule has 0 bridgehead atoms. The SMILES string of the molecule is CCCCOC(=O)C[C@](C)(N)c1cc(Br)cs1. The molecule has 96 valence electrons. The molecule has 1 heterocycles. The number of hydrogen-bond acceptors (Lipinski definition) is 4. The van der Waals surface area contributed by atoms with Crippen molar-refractivity contribution < 1.29 is 9.53 Å². The van der Waals surface area contributed by atoms with Crippen LogP contribution in [-0.4, -0.2) is 12.6 Å². The molecule has 0 spiro atoms. The first-order valence-corrected chi connectivity index (χ1v) is 7.32. The molecule has 0 unspecified atom stereocenters. The second-order valence-corrected chi connectivity index (χ2v) is 6.12. The van der Waals surface area contributed by atoms with Gasteiger partial charge in [0, 0.05) is 14.7 Å². The fourth-order valence-corrected chi connectivity index (χ4v) is 2.89. The van der Waals surface area contributed by atoms with Crippen molar-refractivity contribution in [3.8, 4) is 0 Å². The maximum atomic E-state index is 11.6. The first-order valence-electron chi connectivity index (χ1n) is 5.64. The Morgan fingerprint density at radius 1 is 1.65 bits per heavy atom. The Kier molecular flexibility index (Phi) is 5.62. The highest BCUT2D eigenvalue weighted by atomic mass is 79.9. The number of rotatable bonds is 6. The lowest BCUT2D eigenvalue weighted by molar-refractivity contribution is -0.145. The smallest absolute Gasteiger partial charge is 0.308 e. The molecule has 17 heavy (non-hydrogen) atoms. The van der Waals surface area contributed by atoms with Crippen molar-refractivity contribution in [3.05, 3.63) is 20.8 Å². The molecular formula is C12H18BrNO2S. The van der Waals surface area contributed by atoms with Crippen LogP contribution in [0.5, 0.6) is 0 Å². The van der Waals surface area contributed by atoms with Gasteiger partial charge in [0.25, 0.3) is 0 Å². The van der Waals surface area contributed by atoms with Crippen molar-refractivity contribution in [1.82, 2.24) is 0 Å². The van der Waals surface area contributed by atoms with Crippen LogP contribution in [0.4, 0.5) is 0 Å². The molecule has 1 atom stereocenters. The Hall–Kier alpha value is -0.390. The van der Waals surface area contributed by atoms with Crippen molar-refractivity contribution >= 4 is 33.2 Å². The molecule has 0 saturated carbocycles. The highest BCUT2D eigenvalue weighted by molar-refractivity contribution is 9.10. The minimum Gasteiger partial charge on any atom is -0.466 e. The first-order chi connectivity index (χ1) is 7.95. The third-order valence-corrected chi connectivity index (χ3v) is 4.37. The summed E-state index contributed by atoms with van der Waals surface area (Å²) in [6.45, 7) is 4.40. The fourth-order valence-electron chi connectivity index (χ4n) is 1.38. The maximum Gasteiger partial charge on any atom is 0.308 e. The minimum absolute atomic E-state index is 0.212. The molecule has 0 aromatic carbocycles. The van der Waals surface area contributed by atoms with Crippen LogP contribution in [0.1, 0.15) is 38.0 Å². The monoisotopic (exact) mass is 319 g/mol. The van der Waals surface area contributed by atoms with Crippen molar-refractivity contribution in [2.24, 2.45) is 5.73 Å². The van der Waals surface area contributed by atoms with Crippen LogP contribution in [0.2, 0.25) is 0 Å². The van der Waals surface area contributed by atoms with E-state index in [4.69, 9.17) is 10.5 Å². The van der Waals surface area contributed by atoms with E-state index >= 15 is 0 Å². The van der Waals surface area contributed by atoms with E-state index in [-0.39, 0.29) is 12.4 Å². The lowest BCUT2D eigenvalue weighted by atomic mass is 9.97. The number of thiophene rings is 1. The molecule has 1 rings (SSSR count). The van der Waals surface area contributed by atoms with Crippen LogP contribution in [0.3, 0.4) is 0 Å². The molecule has 2 N–H and O–H groups in total. The second-order valence-electron chi connectivity index (χ2n) is 4.30. The molecule has 0 amide bonds. The summed E-state index contributed by atoms with van der Waals surface area (Å²) in [7, 11) is 0. The van der Waals surface area contributed by atoms with Crippen molar-refractivity contribution in [3.63, 3.8) is 0 Å². The van der Waals surface area contributed by atoms with Crippen LogP contribution in [0, 0.1) is 0 Å². The number of halogens is 1. The molecule has 1 aromatic rings. The van der Waals surface area contributed by atoms with E-state index in [0.717, 1.165) is 22.2 Å². The van der Waals surface area contributed by atoms with Gasteiger partial charge in [-0.25, -0.2) is 0 Å². The summed E-state index contributed by atoms with van der Waals surface area (Å²) < 4.78 is 6.11. The van der Waals surface area contributed by atoms with Crippen LogP contribution in [0.15, 0.2) is 15.9 Å². The highest BCUT2D eigenvalue weighted by Gasteiger charge is 2.27. The second kappa shape index (κ2) is 6.52. The van der Waals surface area contributed by atoms with Gasteiger partial charge in [0.2, 0.25) is 0 Å². The lowest BCUT2D eigenvalue weighted by Gasteiger charge is -2.21. The van der Waals surface area contributed by atoms with E-state index in [1.165, 1.54) is 0 Å². The number of hydrogen-bond donors (Lipinski definition) is 1. The van der Waals surface area contributed by atoms with Gasteiger partial charge in [0.15, 0.2) is 0 Å². The number of carbonyl (C=O) groups is 1. The average molecular weight is 320 g/mol. The van der Waals surface area contributed by atoms with Gasteiger partial charge in [-0.2, -0.15) is 0 Å². The van der Waals surface area contributed by atoms with Gasteiger partial charge >= 0.3 is 5.97 Å². The summed E-state index contributed by atoms with van der Waals surface area (Å²) in [6.07, 6.45) is 2.13.